The van der Waals surface area contributed by atoms with Crippen molar-refractivity contribution in [3.8, 4) is 5.75 Å². The van der Waals surface area contributed by atoms with Crippen molar-refractivity contribution >= 4 is 5.91 Å². The standard InChI is InChI=1S/C12H13F4NO2/c1-2-17(8-12(14,15)16)11(18)7-19-10-5-3-9(13)4-6-10/h3-6H,2,7-8H2,1H3. The fourth-order valence-electron chi connectivity index (χ4n) is 1.36. The number of nitrogens with zero attached hydrogens (tertiary/aromatic N) is 1. The first-order valence-electron chi connectivity index (χ1n) is 5.54. The molecule has 0 atom stereocenters. The molecule has 0 bridgehead atoms. The van der Waals surface area contributed by atoms with E-state index in [1.807, 2.05) is 0 Å². The Morgan fingerprint density at radius 3 is 2.32 bits per heavy atom. The molecule has 0 saturated heterocycles. The lowest BCUT2D eigenvalue weighted by Crippen LogP contribution is -2.41. The van der Waals surface area contributed by atoms with E-state index in [9.17, 15) is 22.4 Å². The van der Waals surface area contributed by atoms with Crippen LogP contribution in [0.15, 0.2) is 24.3 Å². The van der Waals surface area contributed by atoms with Crippen LogP contribution in [0.25, 0.3) is 0 Å². The monoisotopic (exact) mass is 279 g/mol. The summed E-state index contributed by atoms with van der Waals surface area (Å²) in [7, 11) is 0. The summed E-state index contributed by atoms with van der Waals surface area (Å²) in [5, 5.41) is 0. The predicted molar refractivity (Wildman–Crippen MR) is 60.2 cm³/mol. The average molecular weight is 279 g/mol. The highest BCUT2D eigenvalue weighted by Gasteiger charge is 2.32. The fourth-order valence-corrected chi connectivity index (χ4v) is 1.36. The number of carbonyl (C=O) groups is 1. The van der Waals surface area contributed by atoms with Crippen molar-refractivity contribution in [1.82, 2.24) is 4.90 Å². The minimum atomic E-state index is -4.44. The smallest absolute Gasteiger partial charge is 0.406 e. The summed E-state index contributed by atoms with van der Waals surface area (Å²) in [6.45, 7) is -0.447. The number of carbonyl (C=O) groups excluding carboxylic acids is 1. The minimum Gasteiger partial charge on any atom is -0.484 e. The molecule has 0 unspecified atom stereocenters. The molecule has 0 saturated carbocycles. The quantitative estimate of drug-likeness (QED) is 0.775. The summed E-state index contributed by atoms with van der Waals surface area (Å²) in [5.74, 6) is -1.02. The summed E-state index contributed by atoms with van der Waals surface area (Å²) in [5.41, 5.74) is 0. The van der Waals surface area contributed by atoms with Crippen LogP contribution in [0.2, 0.25) is 0 Å². The molecule has 3 nitrogen and oxygen atoms in total. The van der Waals surface area contributed by atoms with Crippen molar-refractivity contribution in [3.05, 3.63) is 30.1 Å². The van der Waals surface area contributed by atoms with Gasteiger partial charge in [0.05, 0.1) is 0 Å². The number of benzene rings is 1. The van der Waals surface area contributed by atoms with Crippen LogP contribution in [0.5, 0.6) is 5.75 Å². The maximum Gasteiger partial charge on any atom is 0.406 e. The first kappa shape index (κ1) is 15.3. The van der Waals surface area contributed by atoms with E-state index >= 15 is 0 Å². The van der Waals surface area contributed by atoms with Crippen molar-refractivity contribution in [3.63, 3.8) is 0 Å². The van der Waals surface area contributed by atoms with Gasteiger partial charge >= 0.3 is 6.18 Å². The van der Waals surface area contributed by atoms with Gasteiger partial charge in [-0.1, -0.05) is 0 Å². The van der Waals surface area contributed by atoms with Crippen LogP contribution in [-0.2, 0) is 4.79 Å². The van der Waals surface area contributed by atoms with Crippen LogP contribution in [0.3, 0.4) is 0 Å². The summed E-state index contributed by atoms with van der Waals surface area (Å²) in [6, 6.07) is 4.85. The molecule has 0 spiro atoms. The maximum atomic E-state index is 12.6. The molecule has 1 rings (SSSR count). The van der Waals surface area contributed by atoms with E-state index < -0.39 is 31.1 Å². The molecule has 0 aliphatic carbocycles. The van der Waals surface area contributed by atoms with Gasteiger partial charge in [0.15, 0.2) is 6.61 Å². The molecule has 1 aromatic rings. The number of hydrogen-bond acceptors (Lipinski definition) is 2. The van der Waals surface area contributed by atoms with E-state index in [0.717, 1.165) is 12.1 Å². The summed E-state index contributed by atoms with van der Waals surface area (Å²) >= 11 is 0. The number of halogens is 4. The van der Waals surface area contributed by atoms with Gasteiger partial charge in [-0.25, -0.2) is 4.39 Å². The van der Waals surface area contributed by atoms with Crippen LogP contribution in [0.4, 0.5) is 17.6 Å². The zero-order chi connectivity index (χ0) is 14.5. The molecule has 1 aromatic carbocycles. The van der Waals surface area contributed by atoms with Crippen LogP contribution in [0.1, 0.15) is 6.92 Å². The summed E-state index contributed by atoms with van der Waals surface area (Å²) in [4.78, 5) is 12.2. The van der Waals surface area contributed by atoms with Crippen molar-refractivity contribution in [2.45, 2.75) is 13.1 Å². The Labute approximate surface area is 107 Å². The Morgan fingerprint density at radius 2 is 1.84 bits per heavy atom. The van der Waals surface area contributed by atoms with Gasteiger partial charge in [0.1, 0.15) is 18.1 Å². The van der Waals surface area contributed by atoms with Gasteiger partial charge in [-0.3, -0.25) is 4.79 Å². The van der Waals surface area contributed by atoms with Gasteiger partial charge in [-0.2, -0.15) is 13.2 Å². The van der Waals surface area contributed by atoms with E-state index in [4.69, 9.17) is 4.74 Å². The Balaban J connectivity index is 2.51. The Kier molecular flexibility index (Phi) is 5.14. The molecule has 0 radical (unpaired) electrons. The third kappa shape index (κ3) is 5.58. The molecule has 0 aliphatic rings. The Hall–Kier alpha value is -1.79. The number of likely N-dealkylation sites (N-methyl/N-ethyl adjacent to an activating group) is 1. The predicted octanol–water partition coefficient (Wildman–Crippen LogP) is 2.62. The molecule has 106 valence electrons. The van der Waals surface area contributed by atoms with E-state index in [0.29, 0.717) is 4.90 Å². The maximum absolute atomic E-state index is 12.6. The first-order chi connectivity index (χ1) is 8.81. The number of amides is 1. The first-order valence-corrected chi connectivity index (χ1v) is 5.54. The van der Waals surface area contributed by atoms with Crippen molar-refractivity contribution < 1.29 is 27.1 Å². The van der Waals surface area contributed by atoms with E-state index in [1.54, 1.807) is 0 Å². The lowest BCUT2D eigenvalue weighted by Gasteiger charge is -2.22. The second kappa shape index (κ2) is 6.40. The van der Waals surface area contributed by atoms with Crippen molar-refractivity contribution in [1.29, 1.82) is 0 Å². The highest BCUT2D eigenvalue weighted by molar-refractivity contribution is 5.77. The van der Waals surface area contributed by atoms with Gasteiger partial charge in [0.25, 0.3) is 5.91 Å². The Bertz CT molecular complexity index is 417. The molecule has 0 fully saturated rings. The van der Waals surface area contributed by atoms with E-state index in [1.165, 1.54) is 19.1 Å². The normalized spacial score (nSPS) is 11.2. The number of alkyl halides is 3. The van der Waals surface area contributed by atoms with Crippen LogP contribution in [-0.4, -0.2) is 36.7 Å². The van der Waals surface area contributed by atoms with Gasteiger partial charge in [-0.15, -0.1) is 0 Å². The van der Waals surface area contributed by atoms with E-state index in [2.05, 4.69) is 0 Å². The highest BCUT2D eigenvalue weighted by atomic mass is 19.4. The zero-order valence-corrected chi connectivity index (χ0v) is 10.2. The second-order valence-corrected chi connectivity index (χ2v) is 3.77. The molecular formula is C12H13F4NO2. The Morgan fingerprint density at radius 1 is 1.26 bits per heavy atom. The van der Waals surface area contributed by atoms with Gasteiger partial charge in [0, 0.05) is 6.54 Å². The lowest BCUT2D eigenvalue weighted by atomic mass is 10.3. The zero-order valence-electron chi connectivity index (χ0n) is 10.2. The average Bonchev–Trinajstić information content (AvgIpc) is 2.34. The molecular weight excluding hydrogens is 266 g/mol. The second-order valence-electron chi connectivity index (χ2n) is 3.77. The third-order valence-corrected chi connectivity index (χ3v) is 2.28. The topological polar surface area (TPSA) is 29.5 Å². The van der Waals surface area contributed by atoms with Crippen LogP contribution >= 0.6 is 0 Å². The molecule has 0 aromatic heterocycles. The van der Waals surface area contributed by atoms with Crippen molar-refractivity contribution in [2.75, 3.05) is 19.7 Å². The number of rotatable bonds is 5. The largest absolute Gasteiger partial charge is 0.484 e. The summed E-state index contributed by atoms with van der Waals surface area (Å²) in [6.07, 6.45) is -4.44. The van der Waals surface area contributed by atoms with Gasteiger partial charge in [-0.05, 0) is 31.2 Å². The lowest BCUT2D eigenvalue weighted by molar-refractivity contribution is -0.161. The van der Waals surface area contributed by atoms with Gasteiger partial charge < -0.3 is 9.64 Å². The van der Waals surface area contributed by atoms with Gasteiger partial charge in [0.2, 0.25) is 0 Å². The molecule has 7 heteroatoms. The molecule has 19 heavy (non-hydrogen) atoms. The molecule has 0 N–H and O–H groups in total. The van der Waals surface area contributed by atoms with Crippen LogP contribution in [0, 0.1) is 5.82 Å². The van der Waals surface area contributed by atoms with Crippen LogP contribution < -0.4 is 4.74 Å². The highest BCUT2D eigenvalue weighted by Crippen LogP contribution is 2.17. The molecule has 1 amide bonds. The molecule has 0 aliphatic heterocycles. The number of ether oxygens (including phenoxy) is 1. The van der Waals surface area contributed by atoms with Crippen molar-refractivity contribution in [2.24, 2.45) is 0 Å². The number of hydrogen-bond donors (Lipinski definition) is 0. The fraction of sp³-hybridized carbons (Fsp3) is 0.417. The van der Waals surface area contributed by atoms with E-state index in [-0.39, 0.29) is 12.3 Å². The molecule has 0 heterocycles. The SMILES string of the molecule is CCN(CC(F)(F)F)C(=O)COc1ccc(F)cc1. The third-order valence-electron chi connectivity index (χ3n) is 2.28. The minimum absolute atomic E-state index is 0.0644. The summed E-state index contributed by atoms with van der Waals surface area (Å²) < 4.78 is 54.1.